The standard InChI is InChI=1S/C17H18F3N5O2/c1-10-23-8-12(15(24-10)11-2-5-21-6-3-11)13(26)9-27-14-4-7-22-16(25-14)17(18,19)20/h4,7-8,11,21H,2-3,5-6,9H2,1H3. The van der Waals surface area contributed by atoms with Crippen LogP contribution < -0.4 is 10.1 Å². The van der Waals surface area contributed by atoms with E-state index in [0.29, 0.717) is 17.1 Å². The second-order valence-electron chi connectivity index (χ2n) is 6.17. The topological polar surface area (TPSA) is 89.9 Å². The molecule has 0 aromatic carbocycles. The Balaban J connectivity index is 1.75. The second-order valence-corrected chi connectivity index (χ2v) is 6.17. The molecular weight excluding hydrogens is 363 g/mol. The van der Waals surface area contributed by atoms with Gasteiger partial charge in [-0.25, -0.2) is 15.0 Å². The van der Waals surface area contributed by atoms with Crippen LogP contribution in [0.25, 0.3) is 0 Å². The molecule has 0 atom stereocenters. The summed E-state index contributed by atoms with van der Waals surface area (Å²) in [4.78, 5) is 27.5. The number of halogens is 3. The Morgan fingerprint density at radius 2 is 2.00 bits per heavy atom. The van der Waals surface area contributed by atoms with E-state index in [4.69, 9.17) is 4.74 Å². The zero-order chi connectivity index (χ0) is 19.4. The summed E-state index contributed by atoms with van der Waals surface area (Å²) in [5, 5.41) is 3.25. The van der Waals surface area contributed by atoms with Crippen LogP contribution >= 0.6 is 0 Å². The third kappa shape index (κ3) is 4.76. The molecule has 10 heteroatoms. The van der Waals surface area contributed by atoms with Crippen LogP contribution in [0, 0.1) is 6.92 Å². The number of carbonyl (C=O) groups excluding carboxylic acids is 1. The van der Waals surface area contributed by atoms with Crippen molar-refractivity contribution in [3.05, 3.63) is 41.4 Å². The van der Waals surface area contributed by atoms with Crippen molar-refractivity contribution in [1.82, 2.24) is 25.3 Å². The van der Waals surface area contributed by atoms with Gasteiger partial charge in [0.1, 0.15) is 5.82 Å². The molecule has 0 amide bonds. The molecule has 7 nitrogen and oxygen atoms in total. The van der Waals surface area contributed by atoms with E-state index in [2.05, 4.69) is 25.3 Å². The first-order chi connectivity index (χ1) is 12.8. The van der Waals surface area contributed by atoms with Gasteiger partial charge in [-0.15, -0.1) is 0 Å². The number of hydrogen-bond donors (Lipinski definition) is 1. The van der Waals surface area contributed by atoms with Gasteiger partial charge in [0.05, 0.1) is 11.3 Å². The van der Waals surface area contributed by atoms with Crippen LogP contribution in [0.2, 0.25) is 0 Å². The smallest absolute Gasteiger partial charge is 0.451 e. The molecule has 0 unspecified atom stereocenters. The molecule has 0 spiro atoms. The molecule has 1 saturated heterocycles. The molecule has 1 fully saturated rings. The summed E-state index contributed by atoms with van der Waals surface area (Å²) in [5.41, 5.74) is 0.994. The lowest BCUT2D eigenvalue weighted by molar-refractivity contribution is -0.145. The molecule has 3 heterocycles. The highest BCUT2D eigenvalue weighted by atomic mass is 19.4. The summed E-state index contributed by atoms with van der Waals surface area (Å²) in [6.45, 7) is 2.95. The maximum atomic E-state index is 12.7. The summed E-state index contributed by atoms with van der Waals surface area (Å²) in [6, 6.07) is 1.17. The van der Waals surface area contributed by atoms with Crippen molar-refractivity contribution in [3.63, 3.8) is 0 Å². The fraction of sp³-hybridized carbons (Fsp3) is 0.471. The quantitative estimate of drug-likeness (QED) is 0.795. The number of rotatable bonds is 5. The molecule has 2 aromatic heterocycles. The minimum Gasteiger partial charge on any atom is -0.469 e. The van der Waals surface area contributed by atoms with Gasteiger partial charge in [0.25, 0.3) is 0 Å². The molecule has 0 bridgehead atoms. The van der Waals surface area contributed by atoms with Gasteiger partial charge in [0.15, 0.2) is 6.61 Å². The SMILES string of the molecule is Cc1ncc(C(=O)COc2ccnc(C(F)(F)F)n2)c(C2CCNCC2)n1. The Hall–Kier alpha value is -2.62. The van der Waals surface area contributed by atoms with Gasteiger partial charge in [0.2, 0.25) is 17.5 Å². The van der Waals surface area contributed by atoms with E-state index < -0.39 is 24.4 Å². The highest BCUT2D eigenvalue weighted by Crippen LogP contribution is 2.28. The minimum atomic E-state index is -4.68. The fourth-order valence-corrected chi connectivity index (χ4v) is 2.89. The first-order valence-electron chi connectivity index (χ1n) is 8.45. The number of hydrogen-bond acceptors (Lipinski definition) is 7. The van der Waals surface area contributed by atoms with Crippen molar-refractivity contribution in [1.29, 1.82) is 0 Å². The third-order valence-corrected chi connectivity index (χ3v) is 4.20. The molecule has 27 heavy (non-hydrogen) atoms. The second kappa shape index (κ2) is 7.95. The van der Waals surface area contributed by atoms with Crippen LogP contribution in [-0.4, -0.2) is 45.4 Å². The Kier molecular flexibility index (Phi) is 5.64. The van der Waals surface area contributed by atoms with E-state index >= 15 is 0 Å². The number of aromatic nitrogens is 4. The predicted octanol–water partition coefficient (Wildman–Crippen LogP) is 2.32. The summed E-state index contributed by atoms with van der Waals surface area (Å²) >= 11 is 0. The van der Waals surface area contributed by atoms with Gasteiger partial charge in [-0.3, -0.25) is 4.79 Å². The van der Waals surface area contributed by atoms with Crippen molar-refractivity contribution < 1.29 is 22.7 Å². The molecule has 144 valence electrons. The fourth-order valence-electron chi connectivity index (χ4n) is 2.89. The first-order valence-corrected chi connectivity index (χ1v) is 8.45. The van der Waals surface area contributed by atoms with Crippen LogP contribution in [0.1, 0.15) is 46.5 Å². The van der Waals surface area contributed by atoms with Crippen LogP contribution in [0.15, 0.2) is 18.5 Å². The number of ether oxygens (including phenoxy) is 1. The van der Waals surface area contributed by atoms with Crippen LogP contribution in [0.3, 0.4) is 0 Å². The first kappa shape index (κ1) is 19.2. The maximum Gasteiger partial charge on any atom is 0.451 e. The predicted molar refractivity (Wildman–Crippen MR) is 88.5 cm³/mol. The third-order valence-electron chi connectivity index (χ3n) is 4.20. The number of aryl methyl sites for hydroxylation is 1. The van der Waals surface area contributed by atoms with Gasteiger partial charge < -0.3 is 10.1 Å². The number of alkyl halides is 3. The van der Waals surface area contributed by atoms with Gasteiger partial charge in [0, 0.05) is 24.4 Å². The van der Waals surface area contributed by atoms with Crippen molar-refractivity contribution >= 4 is 5.78 Å². The number of ketones is 1. The van der Waals surface area contributed by atoms with E-state index in [-0.39, 0.29) is 11.8 Å². The molecule has 1 N–H and O–H groups in total. The van der Waals surface area contributed by atoms with Crippen molar-refractivity contribution in [2.45, 2.75) is 31.9 Å². The number of nitrogens with zero attached hydrogens (tertiary/aromatic N) is 4. The molecular formula is C17H18F3N5O2. The lowest BCUT2D eigenvalue weighted by atomic mass is 9.90. The summed E-state index contributed by atoms with van der Waals surface area (Å²) in [6.07, 6.45) is -0.606. The largest absolute Gasteiger partial charge is 0.469 e. The van der Waals surface area contributed by atoms with Crippen molar-refractivity contribution in [3.8, 4) is 5.88 Å². The maximum absolute atomic E-state index is 12.7. The van der Waals surface area contributed by atoms with Gasteiger partial charge in [-0.1, -0.05) is 0 Å². The average Bonchev–Trinajstić information content (AvgIpc) is 2.66. The summed E-state index contributed by atoms with van der Waals surface area (Å²) < 4.78 is 43.1. The lowest BCUT2D eigenvalue weighted by Crippen LogP contribution is -2.28. The normalized spacial score (nSPS) is 15.6. The molecule has 1 aliphatic heterocycles. The Bertz CT molecular complexity index is 822. The number of Topliss-reactive ketones (excluding diaryl/α,β-unsaturated/α-hetero) is 1. The average molecular weight is 381 g/mol. The molecule has 1 aliphatic rings. The Morgan fingerprint density at radius 3 is 2.70 bits per heavy atom. The van der Waals surface area contributed by atoms with E-state index in [9.17, 15) is 18.0 Å². The van der Waals surface area contributed by atoms with E-state index in [1.165, 1.54) is 12.3 Å². The monoisotopic (exact) mass is 381 g/mol. The van der Waals surface area contributed by atoms with Crippen LogP contribution in [0.4, 0.5) is 13.2 Å². The molecule has 0 saturated carbocycles. The summed E-state index contributed by atoms with van der Waals surface area (Å²) in [5.74, 6) is -1.35. The van der Waals surface area contributed by atoms with E-state index in [0.717, 1.165) is 32.1 Å². The van der Waals surface area contributed by atoms with Gasteiger partial charge in [-0.05, 0) is 32.9 Å². The molecule has 0 aliphatic carbocycles. The van der Waals surface area contributed by atoms with Gasteiger partial charge in [-0.2, -0.15) is 18.2 Å². The Morgan fingerprint density at radius 1 is 1.26 bits per heavy atom. The van der Waals surface area contributed by atoms with Crippen LogP contribution in [-0.2, 0) is 6.18 Å². The minimum absolute atomic E-state index is 0.128. The van der Waals surface area contributed by atoms with E-state index in [1.807, 2.05) is 0 Å². The number of nitrogens with one attached hydrogen (secondary N) is 1. The molecule has 3 rings (SSSR count). The molecule has 0 radical (unpaired) electrons. The van der Waals surface area contributed by atoms with Crippen LogP contribution in [0.5, 0.6) is 5.88 Å². The highest BCUT2D eigenvalue weighted by Gasteiger charge is 2.35. The number of piperidine rings is 1. The lowest BCUT2D eigenvalue weighted by Gasteiger charge is -2.23. The van der Waals surface area contributed by atoms with Gasteiger partial charge >= 0.3 is 6.18 Å². The van der Waals surface area contributed by atoms with Crippen molar-refractivity contribution in [2.75, 3.05) is 19.7 Å². The zero-order valence-electron chi connectivity index (χ0n) is 14.6. The Labute approximate surface area is 153 Å². The molecule has 2 aromatic rings. The van der Waals surface area contributed by atoms with E-state index in [1.54, 1.807) is 6.92 Å². The summed E-state index contributed by atoms with van der Waals surface area (Å²) in [7, 11) is 0. The zero-order valence-corrected chi connectivity index (χ0v) is 14.6. The number of carbonyl (C=O) groups is 1. The highest BCUT2D eigenvalue weighted by molar-refractivity contribution is 5.98. The van der Waals surface area contributed by atoms with Crippen molar-refractivity contribution in [2.24, 2.45) is 0 Å².